The van der Waals surface area contributed by atoms with E-state index in [2.05, 4.69) is 15.6 Å². The van der Waals surface area contributed by atoms with Crippen molar-refractivity contribution in [2.45, 2.75) is 57.1 Å². The second kappa shape index (κ2) is 13.7. The molecule has 1 saturated heterocycles. The summed E-state index contributed by atoms with van der Waals surface area (Å²) in [4.78, 5) is 57.3. The van der Waals surface area contributed by atoms with Gasteiger partial charge in [0, 0.05) is 18.8 Å². The zero-order valence-electron chi connectivity index (χ0n) is 23.2. The Morgan fingerprint density at radius 3 is 2.29 bits per heavy atom. The molecule has 11 heteroatoms. The Bertz CT molecular complexity index is 1400. The number of aromatic nitrogens is 1. The van der Waals surface area contributed by atoms with Crippen LogP contribution in [-0.2, 0) is 36.7 Å². The molecule has 2 amide bonds. The molecule has 3 aromatic rings. The Hall–Kier alpha value is -4.77. The maximum atomic E-state index is 13.7. The summed E-state index contributed by atoms with van der Waals surface area (Å²) < 4.78 is 11.2. The van der Waals surface area contributed by atoms with Gasteiger partial charge >= 0.3 is 11.9 Å². The molecule has 1 fully saturated rings. The largest absolute Gasteiger partial charge is 0.507 e. The van der Waals surface area contributed by atoms with E-state index in [-0.39, 0.29) is 24.2 Å². The SMILES string of the molecule is C[C@H]1OC(=O)C(Cc2ccccc2)OC(=O)[C@H](C)[C@H](O)[C@H](Cc2cccnc2)NC(=O)[C@H]1NC(=O)c1ccccc1O. The highest BCUT2D eigenvalue weighted by molar-refractivity contribution is 6.00. The summed E-state index contributed by atoms with van der Waals surface area (Å²) in [6.45, 7) is 2.85. The summed E-state index contributed by atoms with van der Waals surface area (Å²) in [5.74, 6) is -4.78. The van der Waals surface area contributed by atoms with E-state index in [0.29, 0.717) is 11.1 Å². The molecule has 1 aromatic heterocycles. The van der Waals surface area contributed by atoms with E-state index in [1.54, 1.807) is 67.0 Å². The first-order valence-corrected chi connectivity index (χ1v) is 13.5. The molecule has 6 atom stereocenters. The van der Waals surface area contributed by atoms with Gasteiger partial charge in [-0.25, -0.2) is 4.79 Å². The van der Waals surface area contributed by atoms with Gasteiger partial charge in [0.1, 0.15) is 17.9 Å². The van der Waals surface area contributed by atoms with Gasteiger partial charge in [0.25, 0.3) is 5.91 Å². The van der Waals surface area contributed by atoms with Gasteiger partial charge in [0.2, 0.25) is 12.0 Å². The normalized spacial score (nSPS) is 25.2. The molecule has 0 bridgehead atoms. The van der Waals surface area contributed by atoms with E-state index in [1.807, 2.05) is 0 Å². The lowest BCUT2D eigenvalue weighted by molar-refractivity contribution is -0.177. The number of hydrogen-bond acceptors (Lipinski definition) is 9. The van der Waals surface area contributed by atoms with Crippen molar-refractivity contribution in [2.24, 2.45) is 5.92 Å². The van der Waals surface area contributed by atoms with Crippen LogP contribution in [0.1, 0.15) is 35.3 Å². The van der Waals surface area contributed by atoms with Crippen molar-refractivity contribution in [3.63, 3.8) is 0 Å². The summed E-state index contributed by atoms with van der Waals surface area (Å²) in [7, 11) is 0. The van der Waals surface area contributed by atoms with E-state index < -0.39 is 60.1 Å². The van der Waals surface area contributed by atoms with Gasteiger partial charge in [-0.3, -0.25) is 19.4 Å². The average Bonchev–Trinajstić information content (AvgIpc) is 2.99. The first-order chi connectivity index (χ1) is 20.1. The summed E-state index contributed by atoms with van der Waals surface area (Å²) in [6, 6.07) is 15.6. The van der Waals surface area contributed by atoms with Crippen molar-refractivity contribution < 1.29 is 38.9 Å². The number of carbonyl (C=O) groups is 4. The third-order valence-corrected chi connectivity index (χ3v) is 7.08. The lowest BCUT2D eigenvalue weighted by atomic mass is 9.92. The number of aromatic hydroxyl groups is 1. The third-order valence-electron chi connectivity index (χ3n) is 7.08. The lowest BCUT2D eigenvalue weighted by Crippen LogP contribution is -2.59. The van der Waals surface area contributed by atoms with Crippen LogP contribution < -0.4 is 10.6 Å². The number of hydrogen-bond donors (Lipinski definition) is 4. The molecule has 42 heavy (non-hydrogen) atoms. The Morgan fingerprint density at radius 2 is 1.60 bits per heavy atom. The summed E-state index contributed by atoms with van der Waals surface area (Å²) in [6.07, 6.45) is -0.827. The van der Waals surface area contributed by atoms with E-state index in [9.17, 15) is 29.4 Å². The molecular formula is C31H33N3O8. The number of nitrogens with zero attached hydrogens (tertiary/aromatic N) is 1. The minimum absolute atomic E-state index is 0.0127. The van der Waals surface area contributed by atoms with Crippen LogP contribution in [0.4, 0.5) is 0 Å². The zero-order chi connectivity index (χ0) is 30.2. The maximum Gasteiger partial charge on any atom is 0.348 e. The van der Waals surface area contributed by atoms with E-state index >= 15 is 0 Å². The molecule has 1 aliphatic rings. The smallest absolute Gasteiger partial charge is 0.348 e. The van der Waals surface area contributed by atoms with E-state index in [0.717, 1.165) is 0 Å². The number of benzene rings is 2. The Labute approximate surface area is 242 Å². The number of cyclic esters (lactones) is 2. The number of carbonyl (C=O) groups excluding carboxylic acids is 4. The van der Waals surface area contributed by atoms with Gasteiger partial charge in [0.05, 0.1) is 23.6 Å². The van der Waals surface area contributed by atoms with E-state index in [4.69, 9.17) is 9.47 Å². The fraction of sp³-hybridized carbons (Fsp3) is 0.323. The van der Waals surface area contributed by atoms with Crippen molar-refractivity contribution in [1.82, 2.24) is 15.6 Å². The van der Waals surface area contributed by atoms with Crippen molar-refractivity contribution in [2.75, 3.05) is 0 Å². The highest BCUT2D eigenvalue weighted by atomic mass is 16.6. The molecule has 11 nitrogen and oxygen atoms in total. The first kappa shape index (κ1) is 30.2. The molecular weight excluding hydrogens is 542 g/mol. The molecule has 0 aliphatic carbocycles. The number of aliphatic hydroxyl groups is 1. The number of aliphatic hydroxyl groups excluding tert-OH is 1. The number of nitrogens with one attached hydrogen (secondary N) is 2. The quantitative estimate of drug-likeness (QED) is 0.320. The molecule has 0 saturated carbocycles. The number of amides is 2. The standard InChI is InChI=1S/C31H33N3O8/c1-18-27(36)23(15-21-11-8-14-32-17-21)33-29(38)26(34-28(37)22-12-6-7-13-24(22)35)19(2)41-31(40)25(42-30(18)39)16-20-9-4-3-5-10-20/h3-14,17-19,23,25-27,35-36H,15-16H2,1-2H3,(H,33,38)(H,34,37)/t18-,19-,23+,25?,26+,27+/m1/s1. The predicted molar refractivity (Wildman–Crippen MR) is 150 cm³/mol. The average molecular weight is 576 g/mol. The van der Waals surface area contributed by atoms with Crippen LogP contribution in [0.5, 0.6) is 5.75 Å². The summed E-state index contributed by atoms with van der Waals surface area (Å²) in [5.41, 5.74) is 1.27. The van der Waals surface area contributed by atoms with Gasteiger partial charge < -0.3 is 30.3 Å². The van der Waals surface area contributed by atoms with Crippen LogP contribution in [0.3, 0.4) is 0 Å². The minimum atomic E-state index is -1.44. The highest BCUT2D eigenvalue weighted by Gasteiger charge is 2.40. The molecule has 2 aromatic carbocycles. The number of esters is 2. The molecule has 4 N–H and O–H groups in total. The number of ether oxygens (including phenoxy) is 2. The highest BCUT2D eigenvalue weighted by Crippen LogP contribution is 2.20. The molecule has 220 valence electrons. The molecule has 2 heterocycles. The fourth-order valence-electron chi connectivity index (χ4n) is 4.65. The maximum absolute atomic E-state index is 13.7. The molecule has 1 unspecified atom stereocenters. The summed E-state index contributed by atoms with van der Waals surface area (Å²) in [5, 5.41) is 26.7. The van der Waals surface area contributed by atoms with Crippen LogP contribution in [0.2, 0.25) is 0 Å². The van der Waals surface area contributed by atoms with Crippen molar-refractivity contribution >= 4 is 23.8 Å². The summed E-state index contributed by atoms with van der Waals surface area (Å²) >= 11 is 0. The topological polar surface area (TPSA) is 164 Å². The molecule has 0 radical (unpaired) electrons. The van der Waals surface area contributed by atoms with Gasteiger partial charge in [-0.05, 0) is 49.6 Å². The number of phenolic OH excluding ortho intramolecular Hbond substituents is 1. The minimum Gasteiger partial charge on any atom is -0.507 e. The number of para-hydroxylation sites is 1. The Morgan fingerprint density at radius 1 is 0.905 bits per heavy atom. The second-order valence-corrected chi connectivity index (χ2v) is 10.2. The number of pyridine rings is 1. The van der Waals surface area contributed by atoms with Gasteiger partial charge in [0.15, 0.2) is 0 Å². The Kier molecular flexibility index (Phi) is 9.87. The van der Waals surface area contributed by atoms with Gasteiger partial charge in [-0.2, -0.15) is 0 Å². The number of phenols is 1. The van der Waals surface area contributed by atoms with Crippen LogP contribution in [0.25, 0.3) is 0 Å². The molecule has 0 spiro atoms. The Balaban J connectivity index is 1.69. The second-order valence-electron chi connectivity index (χ2n) is 10.2. The third kappa shape index (κ3) is 7.49. The number of rotatable bonds is 6. The van der Waals surface area contributed by atoms with Crippen molar-refractivity contribution in [1.29, 1.82) is 0 Å². The van der Waals surface area contributed by atoms with Crippen LogP contribution in [-0.4, -0.2) is 69.3 Å². The van der Waals surface area contributed by atoms with Crippen molar-refractivity contribution in [3.05, 3.63) is 95.8 Å². The van der Waals surface area contributed by atoms with Crippen LogP contribution >= 0.6 is 0 Å². The molecule has 4 rings (SSSR count). The zero-order valence-corrected chi connectivity index (χ0v) is 23.2. The monoisotopic (exact) mass is 575 g/mol. The lowest BCUT2D eigenvalue weighted by Gasteiger charge is -2.33. The van der Waals surface area contributed by atoms with Gasteiger partial charge in [-0.1, -0.05) is 48.5 Å². The predicted octanol–water partition coefficient (Wildman–Crippen LogP) is 1.71. The fourth-order valence-corrected chi connectivity index (χ4v) is 4.65. The van der Waals surface area contributed by atoms with Gasteiger partial charge in [-0.15, -0.1) is 0 Å². The first-order valence-electron chi connectivity index (χ1n) is 13.5. The molecule has 1 aliphatic heterocycles. The van der Waals surface area contributed by atoms with E-state index in [1.165, 1.54) is 26.0 Å². The van der Waals surface area contributed by atoms with Crippen molar-refractivity contribution in [3.8, 4) is 5.75 Å². The van der Waals surface area contributed by atoms with Crippen LogP contribution in [0, 0.1) is 5.92 Å². The van der Waals surface area contributed by atoms with Crippen LogP contribution in [0.15, 0.2) is 79.1 Å².